The van der Waals surface area contributed by atoms with Gasteiger partial charge >= 0.3 is 0 Å². The van der Waals surface area contributed by atoms with E-state index in [-0.39, 0.29) is 6.10 Å². The third kappa shape index (κ3) is 7.79. The molecular weight excluding hydrogens is 385 g/mol. The molecule has 0 bridgehead atoms. The van der Waals surface area contributed by atoms with Gasteiger partial charge in [0, 0.05) is 23.9 Å². The molecule has 0 heterocycles. The van der Waals surface area contributed by atoms with E-state index in [1.165, 1.54) is 5.56 Å². The van der Waals surface area contributed by atoms with Gasteiger partial charge in [-0.1, -0.05) is 67.4 Å². The fraction of sp³-hybridized carbons (Fsp3) is 0.429. The zero-order valence-electron chi connectivity index (χ0n) is 15.6. The molecule has 0 radical (unpaired) electrons. The van der Waals surface area contributed by atoms with Crippen LogP contribution < -0.4 is 4.74 Å². The van der Waals surface area contributed by atoms with Crippen LogP contribution in [0.2, 0.25) is 10.0 Å². The molecule has 0 spiro atoms. The number of benzene rings is 2. The van der Waals surface area contributed by atoms with Gasteiger partial charge < -0.3 is 9.64 Å². The maximum atomic E-state index is 6.28. The summed E-state index contributed by atoms with van der Waals surface area (Å²) in [6.45, 7) is 6.31. The first kappa shape index (κ1) is 21.4. The molecule has 2 rings (SSSR count). The molecule has 5 heteroatoms. The van der Waals surface area contributed by atoms with Crippen molar-refractivity contribution < 1.29 is 4.74 Å². The van der Waals surface area contributed by atoms with Crippen LogP contribution in [0.5, 0.6) is 5.75 Å². The fourth-order valence-electron chi connectivity index (χ4n) is 2.56. The highest BCUT2D eigenvalue weighted by atomic mass is 35.5. The average molecular weight is 412 g/mol. The van der Waals surface area contributed by atoms with Crippen molar-refractivity contribution in [1.29, 1.82) is 0 Å². The van der Waals surface area contributed by atoms with Crippen molar-refractivity contribution in [3.05, 3.63) is 64.1 Å². The zero-order chi connectivity index (χ0) is 18.9. The summed E-state index contributed by atoms with van der Waals surface area (Å²) >= 11 is 14.2. The van der Waals surface area contributed by atoms with Gasteiger partial charge in [0.25, 0.3) is 0 Å². The quantitative estimate of drug-likeness (QED) is 0.448. The van der Waals surface area contributed by atoms with E-state index in [1.54, 1.807) is 6.07 Å². The summed E-state index contributed by atoms with van der Waals surface area (Å²) in [7, 11) is 2.15. The first-order valence-corrected chi connectivity index (χ1v) is 10.7. The van der Waals surface area contributed by atoms with Crippen LogP contribution in [0.25, 0.3) is 0 Å². The molecule has 1 unspecified atom stereocenters. The molecule has 0 N–H and O–H groups in total. The maximum absolute atomic E-state index is 6.28. The van der Waals surface area contributed by atoms with Gasteiger partial charge in [-0.05, 0) is 42.5 Å². The summed E-state index contributed by atoms with van der Waals surface area (Å²) in [6, 6.07) is 15.9. The van der Waals surface area contributed by atoms with Crippen molar-refractivity contribution in [1.82, 2.24) is 4.90 Å². The van der Waals surface area contributed by atoms with Crippen molar-refractivity contribution in [2.75, 3.05) is 19.3 Å². The summed E-state index contributed by atoms with van der Waals surface area (Å²) in [4.78, 5) is 2.33. The summed E-state index contributed by atoms with van der Waals surface area (Å²) in [5.41, 5.74) is 1.32. The second-order valence-corrected chi connectivity index (χ2v) is 9.16. The number of halogens is 2. The van der Waals surface area contributed by atoms with E-state index in [0.717, 1.165) is 25.3 Å². The van der Waals surface area contributed by atoms with E-state index in [1.807, 2.05) is 30.0 Å². The Balaban J connectivity index is 1.93. The molecule has 0 saturated carbocycles. The monoisotopic (exact) mass is 411 g/mol. The molecule has 2 aromatic carbocycles. The molecule has 0 aliphatic rings. The van der Waals surface area contributed by atoms with Crippen LogP contribution in [0.1, 0.15) is 25.8 Å². The first-order valence-electron chi connectivity index (χ1n) is 8.90. The lowest BCUT2D eigenvalue weighted by atomic mass is 10.2. The Kier molecular flexibility index (Phi) is 9.13. The van der Waals surface area contributed by atoms with Gasteiger partial charge in [-0.2, -0.15) is 11.8 Å². The van der Waals surface area contributed by atoms with Gasteiger partial charge in [-0.25, -0.2) is 0 Å². The minimum Gasteiger partial charge on any atom is -0.488 e. The van der Waals surface area contributed by atoms with Crippen LogP contribution in [-0.2, 0) is 6.54 Å². The largest absolute Gasteiger partial charge is 0.488 e. The number of thioether (sulfide) groups is 1. The Labute approximate surface area is 171 Å². The third-order valence-electron chi connectivity index (χ3n) is 3.93. The Morgan fingerprint density at radius 3 is 2.46 bits per heavy atom. The minimum absolute atomic E-state index is 0.110. The summed E-state index contributed by atoms with van der Waals surface area (Å²) < 4.78 is 6.21. The zero-order valence-corrected chi connectivity index (χ0v) is 17.9. The van der Waals surface area contributed by atoms with Crippen molar-refractivity contribution in [2.24, 2.45) is 0 Å². The van der Waals surface area contributed by atoms with E-state index in [4.69, 9.17) is 27.9 Å². The second-order valence-electron chi connectivity index (χ2n) is 6.71. The molecule has 26 heavy (non-hydrogen) atoms. The Morgan fingerprint density at radius 1 is 1.08 bits per heavy atom. The predicted octanol–water partition coefficient (Wildman–Crippen LogP) is 6.40. The number of ether oxygens (including phenoxy) is 1. The molecule has 0 aliphatic heterocycles. The maximum Gasteiger partial charge on any atom is 0.138 e. The molecule has 0 aromatic heterocycles. The highest BCUT2D eigenvalue weighted by molar-refractivity contribution is 7.99. The number of nitrogens with zero attached hydrogens (tertiary/aromatic N) is 1. The molecule has 0 saturated heterocycles. The van der Waals surface area contributed by atoms with E-state index < -0.39 is 0 Å². The topological polar surface area (TPSA) is 12.5 Å². The van der Waals surface area contributed by atoms with Gasteiger partial charge in [0.05, 0.1) is 5.02 Å². The lowest BCUT2D eigenvalue weighted by Gasteiger charge is -2.24. The molecule has 2 aromatic rings. The molecule has 1 atom stereocenters. The van der Waals surface area contributed by atoms with Gasteiger partial charge in [-0.3, -0.25) is 0 Å². The average Bonchev–Trinajstić information content (AvgIpc) is 2.60. The summed E-state index contributed by atoms with van der Waals surface area (Å²) in [6.07, 6.45) is 1.06. The van der Waals surface area contributed by atoms with E-state index in [9.17, 15) is 0 Å². The third-order valence-corrected chi connectivity index (χ3v) is 5.69. The number of hydrogen-bond acceptors (Lipinski definition) is 3. The molecule has 0 fully saturated rings. The van der Waals surface area contributed by atoms with Gasteiger partial charge in [0.2, 0.25) is 0 Å². The van der Waals surface area contributed by atoms with Crippen molar-refractivity contribution in [3.63, 3.8) is 0 Å². The van der Waals surface area contributed by atoms with Gasteiger partial charge in [0.15, 0.2) is 0 Å². The van der Waals surface area contributed by atoms with Crippen LogP contribution in [0.3, 0.4) is 0 Å². The van der Waals surface area contributed by atoms with Crippen molar-refractivity contribution in [3.8, 4) is 5.75 Å². The van der Waals surface area contributed by atoms with E-state index >= 15 is 0 Å². The summed E-state index contributed by atoms with van der Waals surface area (Å²) in [5, 5.41) is 1.76. The van der Waals surface area contributed by atoms with Crippen LogP contribution in [0, 0.1) is 0 Å². The Bertz CT molecular complexity index is 666. The van der Waals surface area contributed by atoms with Crippen LogP contribution >= 0.6 is 35.0 Å². The predicted molar refractivity (Wildman–Crippen MR) is 116 cm³/mol. The lowest BCUT2D eigenvalue weighted by Crippen LogP contribution is -2.28. The molecule has 142 valence electrons. The van der Waals surface area contributed by atoms with Crippen molar-refractivity contribution >= 4 is 35.0 Å². The number of hydrogen-bond donors (Lipinski definition) is 0. The van der Waals surface area contributed by atoms with Crippen LogP contribution in [0.15, 0.2) is 48.5 Å². The van der Waals surface area contributed by atoms with Gasteiger partial charge in [-0.15, -0.1) is 0 Å². The molecular formula is C21H27Cl2NOS. The molecule has 0 aliphatic carbocycles. The SMILES string of the molecule is CC(C)SCC(CCN(C)Cc1ccccc1)Oc1ccc(Cl)cc1Cl. The van der Waals surface area contributed by atoms with Crippen molar-refractivity contribution in [2.45, 2.75) is 38.2 Å². The lowest BCUT2D eigenvalue weighted by molar-refractivity contribution is 0.189. The summed E-state index contributed by atoms with van der Waals surface area (Å²) in [5.74, 6) is 1.65. The minimum atomic E-state index is 0.110. The first-order chi connectivity index (χ1) is 12.4. The standard InChI is InChI=1S/C21H27Cl2NOS/c1-16(2)26-15-19(25-21-10-9-18(22)13-20(21)23)11-12-24(3)14-17-7-5-4-6-8-17/h4-10,13,16,19H,11-12,14-15H2,1-3H3. The van der Waals surface area contributed by atoms with Crippen LogP contribution in [-0.4, -0.2) is 35.6 Å². The fourth-order valence-corrected chi connectivity index (χ4v) is 3.85. The second kappa shape index (κ2) is 11.1. The van der Waals surface area contributed by atoms with E-state index in [2.05, 4.69) is 50.1 Å². The smallest absolute Gasteiger partial charge is 0.138 e. The molecule has 0 amide bonds. The highest BCUT2D eigenvalue weighted by Crippen LogP contribution is 2.29. The normalized spacial score (nSPS) is 12.6. The molecule has 2 nitrogen and oxygen atoms in total. The number of rotatable bonds is 10. The van der Waals surface area contributed by atoms with Crippen LogP contribution in [0.4, 0.5) is 0 Å². The Hall–Kier alpha value is -0.870. The highest BCUT2D eigenvalue weighted by Gasteiger charge is 2.15. The van der Waals surface area contributed by atoms with E-state index in [0.29, 0.717) is 21.0 Å². The van der Waals surface area contributed by atoms with Gasteiger partial charge in [0.1, 0.15) is 11.9 Å². The Morgan fingerprint density at radius 2 is 1.81 bits per heavy atom.